The third-order valence-electron chi connectivity index (χ3n) is 2.11. The van der Waals surface area contributed by atoms with Gasteiger partial charge in [-0.1, -0.05) is 45.8 Å². The quantitative estimate of drug-likeness (QED) is 0.684. The molecule has 0 aliphatic heterocycles. The predicted molar refractivity (Wildman–Crippen MR) is 63.5 cm³/mol. The van der Waals surface area contributed by atoms with E-state index in [4.69, 9.17) is 0 Å². The Morgan fingerprint density at radius 2 is 1.69 bits per heavy atom. The summed E-state index contributed by atoms with van der Waals surface area (Å²) in [4.78, 5) is 0. The highest BCUT2D eigenvalue weighted by Gasteiger charge is 1.99. The molecular weight excluding hydrogens is 224 g/mol. The average Bonchev–Trinajstić information content (AvgIpc) is 2.02. The van der Waals surface area contributed by atoms with Crippen LogP contribution in [-0.4, -0.2) is 5.33 Å². The Bertz CT molecular complexity index is 301. The van der Waals surface area contributed by atoms with E-state index >= 15 is 0 Å². The third-order valence-corrected chi connectivity index (χ3v) is 2.49. The minimum atomic E-state index is 0.916. The van der Waals surface area contributed by atoms with Gasteiger partial charge in [0.15, 0.2) is 0 Å². The van der Waals surface area contributed by atoms with E-state index in [2.05, 4.69) is 61.0 Å². The van der Waals surface area contributed by atoms with E-state index in [1.165, 1.54) is 22.3 Å². The molecule has 1 heteroatoms. The first-order valence-corrected chi connectivity index (χ1v) is 5.57. The van der Waals surface area contributed by atoms with Gasteiger partial charge in [0.25, 0.3) is 0 Å². The van der Waals surface area contributed by atoms with Crippen molar-refractivity contribution in [2.45, 2.75) is 20.8 Å². The Morgan fingerprint density at radius 3 is 2.15 bits per heavy atom. The lowest BCUT2D eigenvalue weighted by atomic mass is 10.00. The highest BCUT2D eigenvalue weighted by Crippen LogP contribution is 2.17. The molecule has 1 aromatic rings. The largest absolute Gasteiger partial charge is 0.0883 e. The van der Waals surface area contributed by atoms with Gasteiger partial charge in [-0.3, -0.25) is 0 Å². The predicted octanol–water partition coefficient (Wildman–Crippen LogP) is 4.02. The van der Waals surface area contributed by atoms with Crippen molar-refractivity contribution in [2.24, 2.45) is 0 Å². The molecule has 0 saturated carbocycles. The van der Waals surface area contributed by atoms with Crippen LogP contribution < -0.4 is 0 Å². The summed E-state index contributed by atoms with van der Waals surface area (Å²) in [7, 11) is 0. The molecule has 0 N–H and O–H groups in total. The summed E-state index contributed by atoms with van der Waals surface area (Å²) in [5.74, 6) is 0. The molecular formula is C12H15Br. The maximum atomic E-state index is 3.38. The van der Waals surface area contributed by atoms with Crippen LogP contribution in [0.4, 0.5) is 0 Å². The van der Waals surface area contributed by atoms with Gasteiger partial charge in [0, 0.05) is 5.33 Å². The minimum Gasteiger partial charge on any atom is -0.0883 e. The number of halogens is 1. The summed E-state index contributed by atoms with van der Waals surface area (Å²) in [6, 6.07) is 4.45. The van der Waals surface area contributed by atoms with E-state index in [0.29, 0.717) is 0 Å². The van der Waals surface area contributed by atoms with Crippen LogP contribution in [0.2, 0.25) is 0 Å². The van der Waals surface area contributed by atoms with Crippen LogP contribution in [0.3, 0.4) is 0 Å². The van der Waals surface area contributed by atoms with E-state index in [1.807, 2.05) is 0 Å². The molecule has 0 spiro atoms. The molecule has 0 fully saturated rings. The van der Waals surface area contributed by atoms with Crippen LogP contribution in [0, 0.1) is 20.8 Å². The van der Waals surface area contributed by atoms with Gasteiger partial charge in [0.05, 0.1) is 0 Å². The summed E-state index contributed by atoms with van der Waals surface area (Å²) >= 11 is 3.38. The molecule has 13 heavy (non-hydrogen) atoms. The Labute approximate surface area is 88.8 Å². The zero-order chi connectivity index (χ0) is 9.84. The highest BCUT2D eigenvalue weighted by molar-refractivity contribution is 9.09. The number of aryl methyl sites for hydroxylation is 3. The van der Waals surface area contributed by atoms with Crippen LogP contribution in [0.5, 0.6) is 0 Å². The Kier molecular flexibility index (Phi) is 3.73. The molecule has 0 aliphatic carbocycles. The summed E-state index contributed by atoms with van der Waals surface area (Å²) in [6.45, 7) is 6.46. The zero-order valence-corrected chi connectivity index (χ0v) is 9.98. The van der Waals surface area contributed by atoms with Crippen molar-refractivity contribution >= 4 is 22.0 Å². The smallest absolute Gasteiger partial charge is 0.0215 e. The zero-order valence-electron chi connectivity index (χ0n) is 8.39. The van der Waals surface area contributed by atoms with Crippen molar-refractivity contribution in [2.75, 3.05) is 5.33 Å². The van der Waals surface area contributed by atoms with E-state index in [-0.39, 0.29) is 0 Å². The maximum Gasteiger partial charge on any atom is 0.0215 e. The normalized spacial score (nSPS) is 11.1. The molecule has 0 atom stereocenters. The molecule has 0 aromatic heterocycles. The molecule has 70 valence electrons. The average molecular weight is 239 g/mol. The monoisotopic (exact) mass is 238 g/mol. The van der Waals surface area contributed by atoms with Gasteiger partial charge in [-0.2, -0.15) is 0 Å². The summed E-state index contributed by atoms with van der Waals surface area (Å²) < 4.78 is 0. The first-order chi connectivity index (χ1) is 6.15. The maximum absolute atomic E-state index is 3.38. The topological polar surface area (TPSA) is 0 Å². The summed E-state index contributed by atoms with van der Waals surface area (Å²) in [5, 5.41) is 0.916. The fraction of sp³-hybridized carbons (Fsp3) is 0.333. The molecule has 0 heterocycles. The second-order valence-corrected chi connectivity index (χ2v) is 4.02. The van der Waals surface area contributed by atoms with E-state index in [1.54, 1.807) is 0 Å². The van der Waals surface area contributed by atoms with Gasteiger partial charge in [0.2, 0.25) is 0 Å². The van der Waals surface area contributed by atoms with Crippen molar-refractivity contribution in [3.8, 4) is 0 Å². The van der Waals surface area contributed by atoms with Crippen LogP contribution in [0.1, 0.15) is 22.3 Å². The molecule has 0 unspecified atom stereocenters. The van der Waals surface area contributed by atoms with Crippen molar-refractivity contribution in [3.63, 3.8) is 0 Å². The van der Waals surface area contributed by atoms with Gasteiger partial charge < -0.3 is 0 Å². The molecule has 1 rings (SSSR count). The van der Waals surface area contributed by atoms with Gasteiger partial charge in [-0.25, -0.2) is 0 Å². The van der Waals surface area contributed by atoms with E-state index in [0.717, 1.165) is 5.33 Å². The third kappa shape index (κ3) is 2.70. The van der Waals surface area contributed by atoms with Crippen LogP contribution in [0.25, 0.3) is 6.08 Å². The number of allylic oxidation sites excluding steroid dienone is 1. The lowest BCUT2D eigenvalue weighted by Crippen LogP contribution is -1.88. The summed E-state index contributed by atoms with van der Waals surface area (Å²) in [6.07, 6.45) is 4.31. The molecule has 1 aromatic carbocycles. The van der Waals surface area contributed by atoms with Gasteiger partial charge in [0.1, 0.15) is 0 Å². The second kappa shape index (κ2) is 4.61. The fourth-order valence-corrected chi connectivity index (χ4v) is 1.80. The number of hydrogen-bond donors (Lipinski definition) is 0. The van der Waals surface area contributed by atoms with Crippen LogP contribution in [-0.2, 0) is 0 Å². The Morgan fingerprint density at radius 1 is 1.15 bits per heavy atom. The lowest BCUT2D eigenvalue weighted by molar-refractivity contribution is 1.30. The molecule has 0 amide bonds. The van der Waals surface area contributed by atoms with Crippen molar-refractivity contribution in [1.82, 2.24) is 0 Å². The van der Waals surface area contributed by atoms with Crippen molar-refractivity contribution < 1.29 is 0 Å². The van der Waals surface area contributed by atoms with Crippen molar-refractivity contribution in [1.29, 1.82) is 0 Å². The van der Waals surface area contributed by atoms with Gasteiger partial charge in [-0.05, 0) is 37.5 Å². The SMILES string of the molecule is Cc1cc(C)c(/C=C/CBr)c(C)c1. The molecule has 0 nitrogen and oxygen atoms in total. The molecule has 0 bridgehead atoms. The van der Waals surface area contributed by atoms with Crippen molar-refractivity contribution in [3.05, 3.63) is 40.5 Å². The fourth-order valence-electron chi connectivity index (χ4n) is 1.62. The Balaban J connectivity index is 3.13. The molecule has 0 saturated heterocycles. The molecule has 0 aliphatic rings. The van der Waals surface area contributed by atoms with E-state index in [9.17, 15) is 0 Å². The number of benzene rings is 1. The highest BCUT2D eigenvalue weighted by atomic mass is 79.9. The second-order valence-electron chi connectivity index (χ2n) is 3.37. The molecule has 0 radical (unpaired) electrons. The number of hydrogen-bond acceptors (Lipinski definition) is 0. The Hall–Kier alpha value is -0.560. The number of rotatable bonds is 2. The number of alkyl halides is 1. The first kappa shape index (κ1) is 10.5. The van der Waals surface area contributed by atoms with Gasteiger partial charge in [-0.15, -0.1) is 0 Å². The van der Waals surface area contributed by atoms with Gasteiger partial charge >= 0.3 is 0 Å². The van der Waals surface area contributed by atoms with Crippen LogP contribution in [0.15, 0.2) is 18.2 Å². The standard InChI is InChI=1S/C12H15Br/c1-9-7-10(2)12(5-4-6-13)11(3)8-9/h4-5,7-8H,6H2,1-3H3/b5-4+. The first-order valence-electron chi connectivity index (χ1n) is 4.45. The van der Waals surface area contributed by atoms with Crippen LogP contribution >= 0.6 is 15.9 Å². The lowest BCUT2D eigenvalue weighted by Gasteiger charge is -2.06. The minimum absolute atomic E-state index is 0.916. The summed E-state index contributed by atoms with van der Waals surface area (Å²) in [5.41, 5.74) is 5.40. The van der Waals surface area contributed by atoms with E-state index < -0.39 is 0 Å².